The highest BCUT2D eigenvalue weighted by atomic mass is 31.2. The van der Waals surface area contributed by atoms with Crippen molar-refractivity contribution < 1.29 is 4.74 Å². The first-order valence-electron chi connectivity index (χ1n) is 9.31. The Hall–Kier alpha value is 0.625. The molecule has 2 aliphatic rings. The fourth-order valence-corrected chi connectivity index (χ4v) is 10.8. The number of rotatable bonds is 6. The van der Waals surface area contributed by atoms with Gasteiger partial charge >= 0.3 is 0 Å². The largest absolute Gasteiger partial charge is 0.364 e. The maximum atomic E-state index is 7.07. The van der Waals surface area contributed by atoms with Gasteiger partial charge in [0.1, 0.15) is 7.85 Å². The van der Waals surface area contributed by atoms with Gasteiger partial charge in [-0.2, -0.15) is 0 Å². The summed E-state index contributed by atoms with van der Waals surface area (Å²) in [5.74, 6) is 3.24. The normalized spacial score (nSPS) is 40.4. The Bertz CT molecular complexity index is 533. The molecule has 0 bridgehead atoms. The summed E-state index contributed by atoms with van der Waals surface area (Å²) in [7, 11) is 1.18. The van der Waals surface area contributed by atoms with Crippen molar-refractivity contribution in [1.82, 2.24) is 0 Å². The maximum absolute atomic E-state index is 7.07. The Morgan fingerprint density at radius 2 is 1.70 bits per heavy atom. The van der Waals surface area contributed by atoms with Crippen molar-refractivity contribution in [3.8, 4) is 0 Å². The molecular weight excluding hydrogens is 317 g/mol. The first-order valence-corrected chi connectivity index (χ1v) is 13.4. The van der Waals surface area contributed by atoms with Gasteiger partial charge in [-0.3, -0.25) is 0 Å². The molecule has 0 aliphatic heterocycles. The molecule has 23 heavy (non-hydrogen) atoms. The van der Waals surface area contributed by atoms with Crippen LogP contribution in [0.5, 0.6) is 0 Å². The summed E-state index contributed by atoms with van der Waals surface area (Å²) in [6.45, 7) is 19.0. The van der Waals surface area contributed by atoms with Crippen molar-refractivity contribution in [2.45, 2.75) is 72.2 Å². The van der Waals surface area contributed by atoms with Crippen molar-refractivity contribution >= 4 is 35.5 Å². The van der Waals surface area contributed by atoms with Crippen LogP contribution in [0.2, 0.25) is 5.82 Å². The van der Waals surface area contributed by atoms with E-state index in [2.05, 4.69) is 75.8 Å². The summed E-state index contributed by atoms with van der Waals surface area (Å²) in [4.78, 5) is 0. The van der Waals surface area contributed by atoms with Crippen molar-refractivity contribution in [1.29, 1.82) is 0 Å². The molecule has 0 saturated heterocycles. The van der Waals surface area contributed by atoms with E-state index in [0.29, 0.717) is 28.5 Å². The van der Waals surface area contributed by atoms with Crippen LogP contribution in [0.1, 0.15) is 55.4 Å². The highest BCUT2D eigenvalue weighted by molar-refractivity contribution is 7.73. The van der Waals surface area contributed by atoms with E-state index in [1.54, 1.807) is 0 Å². The quantitative estimate of drug-likeness (QED) is 0.503. The number of hydrogen-bond donors (Lipinski definition) is 0. The number of hydrogen-bond acceptors (Lipinski definition) is 1. The molecule has 2 saturated carbocycles. The minimum absolute atomic E-state index is 0.0489. The Labute approximate surface area is 147 Å². The van der Waals surface area contributed by atoms with Gasteiger partial charge in [0.15, 0.2) is 0 Å². The zero-order valence-corrected chi connectivity index (χ0v) is 19.0. The topological polar surface area (TPSA) is 9.23 Å². The molecule has 0 heterocycles. The first kappa shape index (κ1) is 19.9. The van der Waals surface area contributed by atoms with Gasteiger partial charge in [0.2, 0.25) is 0 Å². The van der Waals surface area contributed by atoms with E-state index in [1.807, 2.05) is 0 Å². The molecular formula is C19H39BOP2. The lowest BCUT2D eigenvalue weighted by molar-refractivity contribution is -0.0967. The van der Waals surface area contributed by atoms with Gasteiger partial charge < -0.3 is 4.74 Å². The van der Waals surface area contributed by atoms with Crippen molar-refractivity contribution in [3.05, 3.63) is 0 Å². The highest BCUT2D eigenvalue weighted by Crippen LogP contribution is 2.82. The molecule has 134 valence electrons. The van der Waals surface area contributed by atoms with Crippen LogP contribution >= 0.6 is 15.1 Å². The summed E-state index contributed by atoms with van der Waals surface area (Å²) >= 11 is 0. The molecule has 0 amide bonds. The molecule has 0 aromatic heterocycles. The lowest BCUT2D eigenvalue weighted by atomic mass is 9.60. The molecule has 6 unspecified atom stereocenters. The van der Waals surface area contributed by atoms with E-state index < -0.39 is 15.1 Å². The lowest BCUT2D eigenvalue weighted by Gasteiger charge is -2.43. The lowest BCUT2D eigenvalue weighted by Crippen LogP contribution is -2.41. The van der Waals surface area contributed by atoms with Gasteiger partial charge in [0.05, 0.1) is 10.9 Å². The monoisotopic (exact) mass is 356 g/mol. The standard InChI is InChI=1S/C19H39BOP2/c1-11-22(9)12-23(10)18(7,8)21-19-13(2)16(3,4)15(20)14(19)17(19,5)6/h13-15,22-23H,9-12,20H2,1-8H3. The van der Waals surface area contributed by atoms with Crippen LogP contribution in [-0.2, 0) is 4.74 Å². The average molecular weight is 356 g/mol. The Morgan fingerprint density at radius 1 is 1.17 bits per heavy atom. The smallest absolute Gasteiger partial charge is 0.106 e. The van der Waals surface area contributed by atoms with Gasteiger partial charge in [0, 0.05) is 0 Å². The van der Waals surface area contributed by atoms with Gasteiger partial charge in [0.25, 0.3) is 0 Å². The predicted molar refractivity (Wildman–Crippen MR) is 117 cm³/mol. The zero-order valence-electron chi connectivity index (χ0n) is 17.0. The van der Waals surface area contributed by atoms with Crippen LogP contribution in [0.4, 0.5) is 0 Å². The minimum atomic E-state index is -0.792. The van der Waals surface area contributed by atoms with Crippen LogP contribution < -0.4 is 0 Å². The van der Waals surface area contributed by atoms with E-state index in [-0.39, 0.29) is 10.9 Å². The summed E-state index contributed by atoms with van der Waals surface area (Å²) in [6.07, 6.45) is 10.2. The molecule has 1 nitrogen and oxygen atoms in total. The van der Waals surface area contributed by atoms with E-state index in [4.69, 9.17) is 4.74 Å². The van der Waals surface area contributed by atoms with Crippen molar-refractivity contribution in [2.75, 3.05) is 12.1 Å². The van der Waals surface area contributed by atoms with Crippen LogP contribution in [0.3, 0.4) is 0 Å². The second-order valence-corrected chi connectivity index (χ2v) is 15.9. The third kappa shape index (κ3) is 2.71. The fraction of sp³-hybridized carbons (Fsp3) is 0.895. The molecule has 6 atom stereocenters. The van der Waals surface area contributed by atoms with E-state index in [0.717, 1.165) is 0 Å². The number of ether oxygens (including phenoxy) is 1. The van der Waals surface area contributed by atoms with Crippen LogP contribution in [0.15, 0.2) is 0 Å². The molecule has 4 heteroatoms. The van der Waals surface area contributed by atoms with Gasteiger partial charge in [-0.1, -0.05) is 54.9 Å². The molecule has 0 aromatic carbocycles. The fourth-order valence-electron chi connectivity index (χ4n) is 5.41. The summed E-state index contributed by atoms with van der Waals surface area (Å²) in [6, 6.07) is 0. The van der Waals surface area contributed by atoms with E-state index >= 15 is 0 Å². The summed E-state index contributed by atoms with van der Waals surface area (Å²) in [5.41, 5.74) is 0.701. The van der Waals surface area contributed by atoms with E-state index in [1.165, 1.54) is 12.1 Å². The van der Waals surface area contributed by atoms with Crippen molar-refractivity contribution in [3.63, 3.8) is 0 Å². The molecule has 0 N–H and O–H groups in total. The highest BCUT2D eigenvalue weighted by Gasteiger charge is 2.83. The Kier molecular flexibility index (Phi) is 5.05. The number of fused-ring (bicyclic) bond motifs is 1. The van der Waals surface area contributed by atoms with Gasteiger partial charge in [-0.25, -0.2) is 0 Å². The molecule has 2 aliphatic carbocycles. The second kappa shape index (κ2) is 5.82. The molecule has 0 spiro atoms. The molecule has 0 radical (unpaired) electrons. The van der Waals surface area contributed by atoms with Gasteiger partial charge in [-0.15, -0.1) is 20.1 Å². The SMILES string of the molecule is BC1C2C(C)(C)C2(OC(C)(C)[PH](=C)C[PH](=C)CC)C(C)C1(C)C. The first-order chi connectivity index (χ1) is 10.3. The second-order valence-electron chi connectivity index (χ2n) is 9.82. The minimum Gasteiger partial charge on any atom is -0.364 e. The maximum Gasteiger partial charge on any atom is 0.106 e. The summed E-state index contributed by atoms with van der Waals surface area (Å²) in [5, 5.41) is -0.0755. The van der Waals surface area contributed by atoms with Crippen LogP contribution in [-0.4, -0.2) is 43.5 Å². The Balaban J connectivity index is 2.28. The molecule has 0 aromatic rings. The summed E-state index contributed by atoms with van der Waals surface area (Å²) < 4.78 is 7.07. The zero-order chi connectivity index (χ0) is 18.0. The Morgan fingerprint density at radius 3 is 2.13 bits per heavy atom. The van der Waals surface area contributed by atoms with Crippen LogP contribution in [0, 0.1) is 22.7 Å². The van der Waals surface area contributed by atoms with E-state index in [9.17, 15) is 0 Å². The van der Waals surface area contributed by atoms with Gasteiger partial charge in [-0.05, 0) is 48.6 Å². The molecule has 2 rings (SSSR count). The third-order valence-corrected chi connectivity index (χ3v) is 14.3. The average Bonchev–Trinajstić information content (AvgIpc) is 2.85. The van der Waals surface area contributed by atoms with Crippen LogP contribution in [0.25, 0.3) is 0 Å². The third-order valence-electron chi connectivity index (χ3n) is 7.84. The van der Waals surface area contributed by atoms with Crippen molar-refractivity contribution in [2.24, 2.45) is 22.7 Å². The predicted octanol–water partition coefficient (Wildman–Crippen LogP) is 4.50. The molecule has 2 fully saturated rings.